The SMILES string of the molecule is COC1(c2cccc(CCC(=O)O)c2)CCOCC1. The van der Waals surface area contributed by atoms with Gasteiger partial charge >= 0.3 is 5.97 Å². The van der Waals surface area contributed by atoms with Crippen molar-refractivity contribution in [1.82, 2.24) is 0 Å². The minimum atomic E-state index is -0.766. The van der Waals surface area contributed by atoms with E-state index in [1.807, 2.05) is 12.1 Å². The van der Waals surface area contributed by atoms with E-state index in [0.29, 0.717) is 19.6 Å². The van der Waals surface area contributed by atoms with E-state index in [2.05, 4.69) is 12.1 Å². The molecule has 1 aliphatic rings. The van der Waals surface area contributed by atoms with Gasteiger partial charge in [-0.05, 0) is 17.5 Å². The van der Waals surface area contributed by atoms with Crippen LogP contribution in [0.2, 0.25) is 0 Å². The smallest absolute Gasteiger partial charge is 0.303 e. The number of benzene rings is 1. The van der Waals surface area contributed by atoms with Crippen LogP contribution in [0.3, 0.4) is 0 Å². The van der Waals surface area contributed by atoms with Gasteiger partial charge < -0.3 is 14.6 Å². The molecule has 0 bridgehead atoms. The Hall–Kier alpha value is -1.39. The largest absolute Gasteiger partial charge is 0.481 e. The third-order valence-electron chi connectivity index (χ3n) is 3.77. The standard InChI is InChI=1S/C15H20O4/c1-18-15(7-9-19-10-8-15)13-4-2-3-12(11-13)5-6-14(16)17/h2-4,11H,5-10H2,1H3,(H,16,17). The van der Waals surface area contributed by atoms with Crippen molar-refractivity contribution in [3.8, 4) is 0 Å². The monoisotopic (exact) mass is 264 g/mol. The third-order valence-corrected chi connectivity index (χ3v) is 3.77. The van der Waals surface area contributed by atoms with Crippen LogP contribution in [0, 0.1) is 0 Å². The second-order valence-electron chi connectivity index (χ2n) is 4.90. The van der Waals surface area contributed by atoms with Gasteiger partial charge in [-0.1, -0.05) is 24.3 Å². The summed E-state index contributed by atoms with van der Waals surface area (Å²) in [5.41, 5.74) is 1.89. The van der Waals surface area contributed by atoms with Gasteiger partial charge in [0.25, 0.3) is 0 Å². The van der Waals surface area contributed by atoms with Crippen LogP contribution in [0.5, 0.6) is 0 Å². The van der Waals surface area contributed by atoms with E-state index in [1.165, 1.54) is 0 Å². The Morgan fingerprint density at radius 3 is 2.79 bits per heavy atom. The molecule has 2 rings (SSSR count). The molecule has 0 aliphatic carbocycles. The first-order chi connectivity index (χ1) is 9.16. The van der Waals surface area contributed by atoms with Crippen molar-refractivity contribution in [1.29, 1.82) is 0 Å². The maximum absolute atomic E-state index is 10.6. The molecule has 0 spiro atoms. The van der Waals surface area contributed by atoms with Crippen LogP contribution >= 0.6 is 0 Å². The van der Waals surface area contributed by atoms with Crippen molar-refractivity contribution >= 4 is 5.97 Å². The molecule has 0 unspecified atom stereocenters. The molecule has 0 radical (unpaired) electrons. The maximum atomic E-state index is 10.6. The Morgan fingerprint density at radius 1 is 1.42 bits per heavy atom. The number of carbonyl (C=O) groups is 1. The second kappa shape index (κ2) is 6.17. The molecule has 1 aromatic carbocycles. The first-order valence-electron chi connectivity index (χ1n) is 6.60. The average molecular weight is 264 g/mol. The van der Waals surface area contributed by atoms with Crippen LogP contribution < -0.4 is 0 Å². The molecule has 1 fully saturated rings. The molecular weight excluding hydrogens is 244 g/mol. The van der Waals surface area contributed by atoms with Crippen LogP contribution in [0.4, 0.5) is 0 Å². The van der Waals surface area contributed by atoms with Gasteiger partial charge in [-0.15, -0.1) is 0 Å². The Labute approximate surface area is 113 Å². The molecule has 1 heterocycles. The predicted molar refractivity (Wildman–Crippen MR) is 71.1 cm³/mol. The molecule has 0 saturated carbocycles. The van der Waals surface area contributed by atoms with Crippen LogP contribution in [0.25, 0.3) is 0 Å². The summed E-state index contributed by atoms with van der Waals surface area (Å²) in [6, 6.07) is 8.06. The summed E-state index contributed by atoms with van der Waals surface area (Å²) >= 11 is 0. The van der Waals surface area contributed by atoms with Crippen LogP contribution in [0.1, 0.15) is 30.4 Å². The van der Waals surface area contributed by atoms with Gasteiger partial charge in [0.05, 0.1) is 5.60 Å². The Bertz CT molecular complexity index is 436. The molecule has 1 N–H and O–H groups in total. The summed E-state index contributed by atoms with van der Waals surface area (Å²) in [6.45, 7) is 1.40. The summed E-state index contributed by atoms with van der Waals surface area (Å²) in [5, 5.41) is 8.75. The molecule has 0 atom stereocenters. The lowest BCUT2D eigenvalue weighted by molar-refractivity contribution is -0.136. The first-order valence-corrected chi connectivity index (χ1v) is 6.60. The van der Waals surface area contributed by atoms with E-state index in [0.717, 1.165) is 24.0 Å². The summed E-state index contributed by atoms with van der Waals surface area (Å²) in [5.74, 6) is -0.766. The number of rotatable bonds is 5. The van der Waals surface area contributed by atoms with Gasteiger partial charge in [0.2, 0.25) is 0 Å². The van der Waals surface area contributed by atoms with Crippen molar-refractivity contribution < 1.29 is 19.4 Å². The first kappa shape index (κ1) is 14.0. The number of hydrogen-bond acceptors (Lipinski definition) is 3. The van der Waals surface area contributed by atoms with E-state index in [1.54, 1.807) is 7.11 Å². The fourth-order valence-electron chi connectivity index (χ4n) is 2.57. The van der Waals surface area contributed by atoms with Crippen molar-refractivity contribution in [2.75, 3.05) is 20.3 Å². The minimum absolute atomic E-state index is 0.159. The highest BCUT2D eigenvalue weighted by molar-refractivity contribution is 5.67. The van der Waals surface area contributed by atoms with Crippen molar-refractivity contribution in [2.24, 2.45) is 0 Å². The highest BCUT2D eigenvalue weighted by atomic mass is 16.5. The summed E-state index contributed by atoms with van der Waals surface area (Å²) < 4.78 is 11.1. The fraction of sp³-hybridized carbons (Fsp3) is 0.533. The molecule has 1 aromatic rings. The van der Waals surface area contributed by atoms with Gasteiger partial charge in [-0.25, -0.2) is 0 Å². The Balaban J connectivity index is 2.18. The lowest BCUT2D eigenvalue weighted by atomic mass is 9.85. The molecule has 0 aromatic heterocycles. The molecule has 19 heavy (non-hydrogen) atoms. The summed E-state index contributed by atoms with van der Waals surface area (Å²) in [4.78, 5) is 10.6. The number of methoxy groups -OCH3 is 1. The molecule has 4 heteroatoms. The van der Waals surface area contributed by atoms with Gasteiger partial charge in [-0.3, -0.25) is 4.79 Å². The van der Waals surface area contributed by atoms with Crippen molar-refractivity contribution in [3.63, 3.8) is 0 Å². The van der Waals surface area contributed by atoms with Crippen molar-refractivity contribution in [3.05, 3.63) is 35.4 Å². The molecule has 1 saturated heterocycles. The van der Waals surface area contributed by atoms with Gasteiger partial charge in [0.15, 0.2) is 0 Å². The Kier molecular flexibility index (Phi) is 4.56. The lowest BCUT2D eigenvalue weighted by Crippen LogP contribution is -2.35. The van der Waals surface area contributed by atoms with E-state index in [4.69, 9.17) is 14.6 Å². The van der Waals surface area contributed by atoms with Crippen LogP contribution in [0.15, 0.2) is 24.3 Å². The molecule has 0 amide bonds. The predicted octanol–water partition coefficient (Wildman–Crippen LogP) is 2.36. The van der Waals surface area contributed by atoms with Crippen LogP contribution in [-0.4, -0.2) is 31.4 Å². The molecule has 104 valence electrons. The van der Waals surface area contributed by atoms with Gasteiger partial charge in [0, 0.05) is 39.6 Å². The fourth-order valence-corrected chi connectivity index (χ4v) is 2.57. The number of ether oxygens (including phenoxy) is 2. The van der Waals surface area contributed by atoms with Crippen molar-refractivity contribution in [2.45, 2.75) is 31.3 Å². The summed E-state index contributed by atoms with van der Waals surface area (Å²) in [6.07, 6.45) is 2.39. The van der Waals surface area contributed by atoms with Gasteiger partial charge in [-0.2, -0.15) is 0 Å². The second-order valence-corrected chi connectivity index (χ2v) is 4.90. The van der Waals surface area contributed by atoms with Crippen LogP contribution in [-0.2, 0) is 26.3 Å². The van der Waals surface area contributed by atoms with Gasteiger partial charge in [0.1, 0.15) is 0 Å². The lowest BCUT2D eigenvalue weighted by Gasteiger charge is -2.36. The number of carboxylic acids is 1. The third kappa shape index (κ3) is 3.33. The highest BCUT2D eigenvalue weighted by Crippen LogP contribution is 2.35. The highest BCUT2D eigenvalue weighted by Gasteiger charge is 2.34. The summed E-state index contributed by atoms with van der Waals surface area (Å²) in [7, 11) is 1.73. The maximum Gasteiger partial charge on any atom is 0.303 e. The quantitative estimate of drug-likeness (QED) is 0.887. The number of aliphatic carboxylic acids is 1. The van der Waals surface area contributed by atoms with E-state index >= 15 is 0 Å². The zero-order valence-corrected chi connectivity index (χ0v) is 11.2. The molecular formula is C15H20O4. The number of hydrogen-bond donors (Lipinski definition) is 1. The topological polar surface area (TPSA) is 55.8 Å². The van der Waals surface area contributed by atoms with E-state index in [9.17, 15) is 4.79 Å². The van der Waals surface area contributed by atoms with E-state index < -0.39 is 5.97 Å². The zero-order valence-electron chi connectivity index (χ0n) is 11.2. The zero-order chi connectivity index (χ0) is 13.7. The minimum Gasteiger partial charge on any atom is -0.481 e. The number of carboxylic acid groups (broad SMARTS) is 1. The Morgan fingerprint density at radius 2 is 2.16 bits per heavy atom. The molecule has 4 nitrogen and oxygen atoms in total. The van der Waals surface area contributed by atoms with E-state index in [-0.39, 0.29) is 12.0 Å². The number of aryl methyl sites for hydroxylation is 1. The average Bonchev–Trinajstić information content (AvgIpc) is 2.46. The molecule has 1 aliphatic heterocycles. The normalized spacial score (nSPS) is 18.2.